The van der Waals surface area contributed by atoms with Crippen molar-refractivity contribution in [2.45, 2.75) is 0 Å². The van der Waals surface area contributed by atoms with Crippen LogP contribution < -0.4 is 21.3 Å². The maximum atomic E-state index is 11.6. The van der Waals surface area contributed by atoms with Gasteiger partial charge in [-0.25, -0.2) is 10.9 Å². The number of carbonyl (C=O) groups excluding carboxylic acids is 2. The molecule has 2 aromatic carbocycles. The minimum atomic E-state index is -1.11. The number of benzene rings is 2. The van der Waals surface area contributed by atoms with Crippen molar-refractivity contribution in [3.63, 3.8) is 0 Å². The van der Waals surface area contributed by atoms with Crippen LogP contribution in [0.25, 0.3) is 0 Å². The van der Waals surface area contributed by atoms with Gasteiger partial charge in [0.2, 0.25) is 0 Å². The number of amides is 2. The van der Waals surface area contributed by atoms with E-state index in [1.54, 1.807) is 6.07 Å². The summed E-state index contributed by atoms with van der Waals surface area (Å²) in [4.78, 5) is 23.2. The number of anilines is 2. The van der Waals surface area contributed by atoms with E-state index in [-0.39, 0.29) is 16.6 Å². The summed E-state index contributed by atoms with van der Waals surface area (Å²) >= 11 is 0. The lowest BCUT2D eigenvalue weighted by molar-refractivity contribution is -0.139. The Labute approximate surface area is 158 Å². The highest BCUT2D eigenvalue weighted by Gasteiger charge is 2.11. The quantitative estimate of drug-likeness (QED) is 0.318. The second kappa shape index (κ2) is 9.75. The first-order valence-electron chi connectivity index (χ1n) is 7.55. The normalized spacial score (nSPS) is 10.9. The molecule has 28 heavy (non-hydrogen) atoms. The zero-order valence-corrected chi connectivity index (χ0v) is 14.1. The molecule has 0 bridgehead atoms. The van der Waals surface area contributed by atoms with E-state index < -0.39 is 17.0 Å². The van der Waals surface area contributed by atoms with Crippen molar-refractivity contribution in [3.8, 4) is 0 Å². The second-order valence-corrected chi connectivity index (χ2v) is 5.13. The molecule has 0 saturated carbocycles. The van der Waals surface area contributed by atoms with Gasteiger partial charge >= 0.3 is 11.8 Å². The second-order valence-electron chi connectivity index (χ2n) is 5.13. The van der Waals surface area contributed by atoms with Crippen LogP contribution in [-0.4, -0.2) is 34.7 Å². The van der Waals surface area contributed by atoms with Crippen molar-refractivity contribution in [2.75, 3.05) is 10.5 Å². The molecule has 2 rings (SSSR count). The molecule has 12 heteroatoms. The molecule has 0 fully saturated rings. The number of hydrogen-bond donors (Lipinski definition) is 4. The lowest BCUT2D eigenvalue weighted by Crippen LogP contribution is -2.35. The summed E-state index contributed by atoms with van der Waals surface area (Å²) in [6.07, 6.45) is 2.33. The van der Waals surface area contributed by atoms with Crippen LogP contribution in [0.2, 0.25) is 0 Å². The number of hydrogen-bond acceptors (Lipinski definition) is 10. The number of nitrogens with zero attached hydrogens (tertiary/aromatic N) is 4. The van der Waals surface area contributed by atoms with Gasteiger partial charge < -0.3 is 15.6 Å². The molecule has 0 aliphatic rings. The Bertz CT molecular complexity index is 825. The monoisotopic (exact) mass is 386 g/mol. The summed E-state index contributed by atoms with van der Waals surface area (Å²) in [5, 5.41) is 45.6. The smallest absolute Gasteiger partial charge is 0.331 e. The molecule has 0 heterocycles. The van der Waals surface area contributed by atoms with Crippen LogP contribution in [-0.2, 0) is 9.59 Å². The van der Waals surface area contributed by atoms with Crippen molar-refractivity contribution >= 4 is 35.6 Å². The van der Waals surface area contributed by atoms with Gasteiger partial charge in [0.15, 0.2) is 0 Å². The van der Waals surface area contributed by atoms with Crippen LogP contribution in [0.3, 0.4) is 0 Å². The fourth-order valence-electron chi connectivity index (χ4n) is 1.88. The summed E-state index contributed by atoms with van der Waals surface area (Å²) in [5.74, 6) is -2.21. The van der Waals surface area contributed by atoms with Crippen molar-refractivity contribution in [1.29, 1.82) is 0 Å². The van der Waals surface area contributed by atoms with E-state index in [0.29, 0.717) is 11.1 Å². The van der Waals surface area contributed by atoms with Crippen LogP contribution in [0.15, 0.2) is 58.7 Å². The largest absolute Gasteiger partial charge is 0.769 e. The summed E-state index contributed by atoms with van der Waals surface area (Å²) in [6.45, 7) is 0. The average molecular weight is 386 g/mol. The molecule has 0 atom stereocenters. The average Bonchev–Trinajstić information content (AvgIpc) is 2.68. The molecule has 0 spiro atoms. The van der Waals surface area contributed by atoms with Crippen LogP contribution in [0.5, 0.6) is 0 Å². The van der Waals surface area contributed by atoms with E-state index in [4.69, 9.17) is 10.4 Å². The Kier molecular flexibility index (Phi) is 7.13. The first-order chi connectivity index (χ1) is 13.4. The first kappa shape index (κ1) is 20.5. The fraction of sp³-hybridized carbons (Fsp3) is 0. The molecule has 12 nitrogen and oxygen atoms in total. The lowest BCUT2D eigenvalue weighted by Gasteiger charge is -2.37. The SMILES string of the molecule is O=C(N/N=C/c1cccc(N([O-])[O-])c1)C(=O)N/N=C/c1cccc(N(O)O)c1. The first-order valence-corrected chi connectivity index (χ1v) is 7.55. The van der Waals surface area contributed by atoms with E-state index >= 15 is 0 Å². The van der Waals surface area contributed by atoms with E-state index in [1.165, 1.54) is 48.7 Å². The summed E-state index contributed by atoms with van der Waals surface area (Å²) in [6, 6.07) is 11.4. The molecule has 0 aliphatic carbocycles. The van der Waals surface area contributed by atoms with Crippen molar-refractivity contribution in [2.24, 2.45) is 10.2 Å². The molecular weight excluding hydrogens is 372 g/mol. The van der Waals surface area contributed by atoms with Crippen molar-refractivity contribution in [1.82, 2.24) is 10.9 Å². The van der Waals surface area contributed by atoms with Crippen LogP contribution in [0.1, 0.15) is 11.1 Å². The molecule has 0 saturated heterocycles. The van der Waals surface area contributed by atoms with E-state index in [0.717, 1.165) is 6.21 Å². The highest BCUT2D eigenvalue weighted by Crippen LogP contribution is 2.13. The van der Waals surface area contributed by atoms with Gasteiger partial charge in [0, 0.05) is 5.69 Å². The van der Waals surface area contributed by atoms with Crippen LogP contribution >= 0.6 is 0 Å². The van der Waals surface area contributed by atoms with Gasteiger partial charge in [0.05, 0.1) is 18.1 Å². The molecule has 2 aromatic rings. The minimum absolute atomic E-state index is 0.0727. The molecule has 4 N–H and O–H groups in total. The minimum Gasteiger partial charge on any atom is -0.769 e. The van der Waals surface area contributed by atoms with Crippen LogP contribution in [0.4, 0.5) is 11.4 Å². The molecule has 146 valence electrons. The molecule has 0 unspecified atom stereocenters. The predicted molar refractivity (Wildman–Crippen MR) is 99.6 cm³/mol. The van der Waals surface area contributed by atoms with Crippen LogP contribution in [0, 0.1) is 10.4 Å². The van der Waals surface area contributed by atoms with E-state index in [9.17, 15) is 20.0 Å². The molecule has 0 aromatic heterocycles. The molecule has 0 radical (unpaired) electrons. The highest BCUT2D eigenvalue weighted by molar-refractivity contribution is 6.35. The number of nitrogens with one attached hydrogen (secondary N) is 2. The Morgan fingerprint density at radius 2 is 1.32 bits per heavy atom. The van der Waals surface area contributed by atoms with Gasteiger partial charge in [-0.1, -0.05) is 24.3 Å². The zero-order chi connectivity index (χ0) is 20.5. The van der Waals surface area contributed by atoms with Gasteiger partial charge in [0.25, 0.3) is 0 Å². The summed E-state index contributed by atoms with van der Waals surface area (Å²) < 4.78 is 0. The van der Waals surface area contributed by atoms with Gasteiger partial charge in [0.1, 0.15) is 0 Å². The van der Waals surface area contributed by atoms with E-state index in [1.807, 2.05) is 10.9 Å². The third-order valence-electron chi connectivity index (χ3n) is 3.15. The Hall–Kier alpha value is -3.84. The standard InChI is InChI=1S/C16H14N6O6/c23-15(19-17-9-11-3-1-5-13(7-11)21(25)26)16(24)20-18-10-12-4-2-6-14(8-12)22(27)28/h1-10,25-26H,(H,19,23)(H,20,24)/q-2/b17-9+,18-10+. The molecule has 2 amide bonds. The Morgan fingerprint density at radius 1 is 0.857 bits per heavy atom. The maximum Gasteiger partial charge on any atom is 0.331 e. The number of rotatable bonds is 6. The fourth-order valence-corrected chi connectivity index (χ4v) is 1.88. The Balaban J connectivity index is 1.87. The highest BCUT2D eigenvalue weighted by atomic mass is 16.8. The third-order valence-corrected chi connectivity index (χ3v) is 3.15. The van der Waals surface area contributed by atoms with Crippen molar-refractivity contribution < 1.29 is 20.0 Å². The Morgan fingerprint density at radius 3 is 1.79 bits per heavy atom. The van der Waals surface area contributed by atoms with Gasteiger partial charge in [-0.2, -0.15) is 10.2 Å². The van der Waals surface area contributed by atoms with E-state index in [2.05, 4.69) is 10.2 Å². The number of carbonyl (C=O) groups is 2. The predicted octanol–water partition coefficient (Wildman–Crippen LogP) is 0.674. The summed E-state index contributed by atoms with van der Waals surface area (Å²) in [5.41, 5.74) is 4.64. The molecule has 0 aliphatic heterocycles. The number of hydrazone groups is 2. The maximum absolute atomic E-state index is 11.6. The third kappa shape index (κ3) is 6.15. The van der Waals surface area contributed by atoms with Crippen molar-refractivity contribution in [3.05, 3.63) is 70.1 Å². The van der Waals surface area contributed by atoms with Gasteiger partial charge in [-0.15, -0.1) is 5.23 Å². The molecular formula is C16H14N6O6-2. The topological polar surface area (TPSA) is 176 Å². The lowest BCUT2D eigenvalue weighted by atomic mass is 10.2. The zero-order valence-electron chi connectivity index (χ0n) is 14.1. The summed E-state index contributed by atoms with van der Waals surface area (Å²) in [7, 11) is 0. The van der Waals surface area contributed by atoms with Gasteiger partial charge in [-0.3, -0.25) is 20.0 Å². The van der Waals surface area contributed by atoms with Gasteiger partial charge in [-0.05, 0) is 35.4 Å².